The number of nitrogens with zero attached hydrogens (tertiary/aromatic N) is 2. The van der Waals surface area contributed by atoms with E-state index < -0.39 is 5.60 Å². The fraction of sp³-hybridized carbons (Fsp3) is 0.333. The maximum atomic E-state index is 8.61. The second-order valence-corrected chi connectivity index (χ2v) is 2.98. The summed E-state index contributed by atoms with van der Waals surface area (Å²) in [5.74, 6) is 0. The van der Waals surface area contributed by atoms with E-state index in [4.69, 9.17) is 10.00 Å². The molecular formula is C9H8N2O. The third kappa shape index (κ3) is 0.892. The van der Waals surface area contributed by atoms with Crippen LogP contribution in [0.4, 0.5) is 0 Å². The van der Waals surface area contributed by atoms with Crippen LogP contribution in [0.3, 0.4) is 0 Å². The van der Waals surface area contributed by atoms with Crippen molar-refractivity contribution in [3.63, 3.8) is 0 Å². The van der Waals surface area contributed by atoms with Crippen molar-refractivity contribution in [1.29, 1.82) is 5.26 Å². The Hall–Kier alpha value is -1.40. The van der Waals surface area contributed by atoms with E-state index in [1.807, 2.05) is 19.1 Å². The average molecular weight is 160 g/mol. The molecule has 1 fully saturated rings. The molecule has 0 aromatic carbocycles. The van der Waals surface area contributed by atoms with Gasteiger partial charge in [0.15, 0.2) is 6.10 Å². The maximum absolute atomic E-state index is 8.61. The van der Waals surface area contributed by atoms with E-state index in [-0.39, 0.29) is 6.10 Å². The van der Waals surface area contributed by atoms with Crippen LogP contribution in [0.15, 0.2) is 24.5 Å². The zero-order valence-corrected chi connectivity index (χ0v) is 6.69. The highest BCUT2D eigenvalue weighted by Gasteiger charge is 2.54. The number of hydrogen-bond donors (Lipinski definition) is 0. The Morgan fingerprint density at radius 1 is 1.75 bits per heavy atom. The van der Waals surface area contributed by atoms with Crippen LogP contribution in [0.25, 0.3) is 0 Å². The fourth-order valence-electron chi connectivity index (χ4n) is 1.24. The number of nitriles is 1. The summed E-state index contributed by atoms with van der Waals surface area (Å²) >= 11 is 0. The number of pyridine rings is 1. The van der Waals surface area contributed by atoms with Gasteiger partial charge in [0.1, 0.15) is 5.60 Å². The van der Waals surface area contributed by atoms with Gasteiger partial charge in [-0.15, -0.1) is 0 Å². The van der Waals surface area contributed by atoms with Crippen molar-refractivity contribution in [3.8, 4) is 6.07 Å². The summed E-state index contributed by atoms with van der Waals surface area (Å²) < 4.78 is 5.24. The normalized spacial score (nSPS) is 32.5. The van der Waals surface area contributed by atoms with Gasteiger partial charge in [0.25, 0.3) is 0 Å². The molecule has 0 amide bonds. The van der Waals surface area contributed by atoms with Gasteiger partial charge in [-0.3, -0.25) is 4.98 Å². The quantitative estimate of drug-likeness (QED) is 0.580. The lowest BCUT2D eigenvalue weighted by atomic mass is 10.0. The van der Waals surface area contributed by atoms with E-state index in [0.717, 1.165) is 5.56 Å². The molecule has 1 aromatic heterocycles. The molecule has 0 spiro atoms. The van der Waals surface area contributed by atoms with Crippen LogP contribution in [0, 0.1) is 11.3 Å². The summed E-state index contributed by atoms with van der Waals surface area (Å²) in [4.78, 5) is 3.97. The Bertz CT molecular complexity index is 330. The summed E-state index contributed by atoms with van der Waals surface area (Å²) in [6.07, 6.45) is 3.13. The molecule has 2 atom stereocenters. The van der Waals surface area contributed by atoms with Crippen molar-refractivity contribution in [3.05, 3.63) is 30.1 Å². The zero-order chi connectivity index (χ0) is 8.60. The van der Waals surface area contributed by atoms with Gasteiger partial charge in [-0.25, -0.2) is 0 Å². The van der Waals surface area contributed by atoms with Crippen LogP contribution in [0.1, 0.15) is 12.5 Å². The van der Waals surface area contributed by atoms with E-state index >= 15 is 0 Å². The Morgan fingerprint density at radius 3 is 3.08 bits per heavy atom. The second kappa shape index (κ2) is 2.29. The van der Waals surface area contributed by atoms with Crippen molar-refractivity contribution < 1.29 is 4.74 Å². The molecule has 0 N–H and O–H groups in total. The first kappa shape index (κ1) is 7.26. The van der Waals surface area contributed by atoms with Crippen LogP contribution in [-0.4, -0.2) is 11.1 Å². The van der Waals surface area contributed by atoms with Gasteiger partial charge >= 0.3 is 0 Å². The van der Waals surface area contributed by atoms with E-state index in [9.17, 15) is 0 Å². The summed E-state index contributed by atoms with van der Waals surface area (Å²) in [5, 5.41) is 8.61. The summed E-state index contributed by atoms with van der Waals surface area (Å²) in [7, 11) is 0. The van der Waals surface area contributed by atoms with Crippen molar-refractivity contribution >= 4 is 0 Å². The standard InChI is InChI=1S/C9H8N2O/c1-9(8(5-10)12-9)7-3-2-4-11-6-7/h2-4,6,8H,1H3. The molecule has 2 rings (SSSR count). The molecule has 12 heavy (non-hydrogen) atoms. The average Bonchev–Trinajstić information content (AvgIpc) is 2.81. The third-order valence-corrected chi connectivity index (χ3v) is 2.16. The first-order valence-corrected chi connectivity index (χ1v) is 3.75. The maximum Gasteiger partial charge on any atom is 0.178 e. The number of ether oxygens (including phenoxy) is 1. The molecule has 1 aromatic rings. The molecule has 0 saturated carbocycles. The summed E-state index contributed by atoms with van der Waals surface area (Å²) in [5.41, 5.74) is 0.555. The third-order valence-electron chi connectivity index (χ3n) is 2.16. The SMILES string of the molecule is CC1(c2cccnc2)OC1C#N. The number of rotatable bonds is 1. The Labute approximate surface area is 70.6 Å². The van der Waals surface area contributed by atoms with Crippen molar-refractivity contribution in [1.82, 2.24) is 4.98 Å². The smallest absolute Gasteiger partial charge is 0.178 e. The Kier molecular flexibility index (Phi) is 1.39. The fourth-order valence-corrected chi connectivity index (χ4v) is 1.24. The Balaban J connectivity index is 2.30. The second-order valence-electron chi connectivity index (χ2n) is 2.98. The Morgan fingerprint density at radius 2 is 2.58 bits per heavy atom. The number of aromatic nitrogens is 1. The lowest BCUT2D eigenvalue weighted by Crippen LogP contribution is -2.06. The predicted molar refractivity (Wildman–Crippen MR) is 42.1 cm³/mol. The van der Waals surface area contributed by atoms with Crippen molar-refractivity contribution in [2.45, 2.75) is 18.6 Å². The summed E-state index contributed by atoms with van der Waals surface area (Å²) in [6, 6.07) is 5.84. The molecule has 0 bridgehead atoms. The molecule has 1 saturated heterocycles. The van der Waals surface area contributed by atoms with Gasteiger partial charge in [0.2, 0.25) is 0 Å². The molecular weight excluding hydrogens is 152 g/mol. The molecule has 1 aliphatic rings. The molecule has 2 unspecified atom stereocenters. The molecule has 0 aliphatic carbocycles. The number of epoxide rings is 1. The highest BCUT2D eigenvalue weighted by Crippen LogP contribution is 2.44. The first-order chi connectivity index (χ1) is 5.77. The van der Waals surface area contributed by atoms with Crippen LogP contribution < -0.4 is 0 Å². The zero-order valence-electron chi connectivity index (χ0n) is 6.69. The van der Waals surface area contributed by atoms with E-state index in [0.29, 0.717) is 0 Å². The minimum Gasteiger partial charge on any atom is -0.345 e. The van der Waals surface area contributed by atoms with Crippen molar-refractivity contribution in [2.75, 3.05) is 0 Å². The molecule has 3 nitrogen and oxygen atoms in total. The summed E-state index contributed by atoms with van der Waals surface area (Å²) in [6.45, 7) is 1.90. The largest absolute Gasteiger partial charge is 0.345 e. The topological polar surface area (TPSA) is 49.2 Å². The molecule has 1 aliphatic heterocycles. The van der Waals surface area contributed by atoms with Gasteiger partial charge in [0, 0.05) is 18.0 Å². The van der Waals surface area contributed by atoms with Gasteiger partial charge in [-0.1, -0.05) is 6.07 Å². The van der Waals surface area contributed by atoms with Gasteiger partial charge in [0.05, 0.1) is 6.07 Å². The minimum absolute atomic E-state index is 0.304. The van der Waals surface area contributed by atoms with Gasteiger partial charge in [-0.2, -0.15) is 5.26 Å². The highest BCUT2D eigenvalue weighted by molar-refractivity contribution is 5.29. The monoisotopic (exact) mass is 160 g/mol. The molecule has 60 valence electrons. The lowest BCUT2D eigenvalue weighted by molar-refractivity contribution is 0.321. The first-order valence-electron chi connectivity index (χ1n) is 3.75. The van der Waals surface area contributed by atoms with Gasteiger partial charge in [-0.05, 0) is 13.0 Å². The van der Waals surface area contributed by atoms with Crippen LogP contribution in [-0.2, 0) is 10.3 Å². The van der Waals surface area contributed by atoms with Crippen molar-refractivity contribution in [2.24, 2.45) is 0 Å². The highest BCUT2D eigenvalue weighted by atomic mass is 16.6. The lowest BCUT2D eigenvalue weighted by Gasteiger charge is -2.02. The van der Waals surface area contributed by atoms with E-state index in [2.05, 4.69) is 11.1 Å². The molecule has 2 heterocycles. The van der Waals surface area contributed by atoms with E-state index in [1.165, 1.54) is 0 Å². The van der Waals surface area contributed by atoms with E-state index in [1.54, 1.807) is 12.4 Å². The number of hydrogen-bond acceptors (Lipinski definition) is 3. The van der Waals surface area contributed by atoms with Crippen LogP contribution in [0.5, 0.6) is 0 Å². The van der Waals surface area contributed by atoms with Crippen LogP contribution >= 0.6 is 0 Å². The minimum atomic E-state index is -0.414. The predicted octanol–water partition coefficient (Wildman–Crippen LogP) is 1.22. The molecule has 3 heteroatoms. The van der Waals surface area contributed by atoms with Gasteiger partial charge < -0.3 is 4.74 Å². The molecule has 0 radical (unpaired) electrons. The van der Waals surface area contributed by atoms with Crippen LogP contribution in [0.2, 0.25) is 0 Å².